The van der Waals surface area contributed by atoms with E-state index in [-0.39, 0.29) is 12.2 Å². The van der Waals surface area contributed by atoms with Gasteiger partial charge in [-0.15, -0.1) is 0 Å². The minimum absolute atomic E-state index is 0.102. The van der Waals surface area contributed by atoms with Crippen molar-refractivity contribution in [2.75, 3.05) is 7.11 Å². The first kappa shape index (κ1) is 9.95. The average molecular weight is 211 g/mol. The molecule has 2 heterocycles. The van der Waals surface area contributed by atoms with Crippen LogP contribution in [0.5, 0.6) is 0 Å². The minimum atomic E-state index is -0.451. The first-order valence-electron chi connectivity index (χ1n) is 4.95. The molecule has 0 bridgehead atoms. The molecule has 0 aliphatic carbocycles. The predicted octanol–water partition coefficient (Wildman–Crippen LogP) is -0.446. The summed E-state index contributed by atoms with van der Waals surface area (Å²) in [5.41, 5.74) is -0.213. The van der Waals surface area contributed by atoms with Crippen molar-refractivity contribution in [3.05, 3.63) is 16.3 Å². The lowest BCUT2D eigenvalue weighted by Gasteiger charge is -2.09. The van der Waals surface area contributed by atoms with Crippen LogP contribution in [0, 0.1) is 0 Å². The number of hydrogen-bond acceptors (Lipinski definition) is 4. The van der Waals surface area contributed by atoms with Gasteiger partial charge in [0.2, 0.25) is 0 Å². The SMILES string of the molecule is COC(=O)Cn1nc2n(c1=O)CCCC2. The average Bonchev–Trinajstić information content (AvgIpc) is 2.57. The number of aromatic nitrogens is 3. The zero-order chi connectivity index (χ0) is 10.8. The maximum atomic E-state index is 11.7. The van der Waals surface area contributed by atoms with Crippen LogP contribution in [0.3, 0.4) is 0 Å². The quantitative estimate of drug-likeness (QED) is 0.622. The molecule has 1 aromatic heterocycles. The second kappa shape index (κ2) is 3.88. The summed E-state index contributed by atoms with van der Waals surface area (Å²) in [6.07, 6.45) is 2.86. The maximum Gasteiger partial charge on any atom is 0.346 e. The fraction of sp³-hybridized carbons (Fsp3) is 0.667. The molecule has 2 rings (SSSR count). The molecule has 1 aliphatic heterocycles. The highest BCUT2D eigenvalue weighted by molar-refractivity contribution is 5.68. The van der Waals surface area contributed by atoms with Crippen molar-refractivity contribution in [2.24, 2.45) is 0 Å². The monoisotopic (exact) mass is 211 g/mol. The lowest BCUT2D eigenvalue weighted by Crippen LogP contribution is -2.29. The zero-order valence-corrected chi connectivity index (χ0v) is 8.60. The molecule has 0 spiro atoms. The molecule has 0 atom stereocenters. The van der Waals surface area contributed by atoms with Gasteiger partial charge >= 0.3 is 11.7 Å². The van der Waals surface area contributed by atoms with Crippen LogP contribution < -0.4 is 5.69 Å². The number of fused-ring (bicyclic) bond motifs is 1. The van der Waals surface area contributed by atoms with Gasteiger partial charge < -0.3 is 4.74 Å². The van der Waals surface area contributed by atoms with Crippen LogP contribution in [0.15, 0.2) is 4.79 Å². The van der Waals surface area contributed by atoms with E-state index in [0.717, 1.165) is 25.1 Å². The number of esters is 1. The molecule has 1 aromatic rings. The summed E-state index contributed by atoms with van der Waals surface area (Å²) in [5, 5.41) is 4.10. The molecule has 0 fully saturated rings. The van der Waals surface area contributed by atoms with Crippen LogP contribution in [0.25, 0.3) is 0 Å². The van der Waals surface area contributed by atoms with Crippen LogP contribution >= 0.6 is 0 Å². The van der Waals surface area contributed by atoms with E-state index in [2.05, 4.69) is 9.84 Å². The summed E-state index contributed by atoms with van der Waals surface area (Å²) in [4.78, 5) is 22.7. The fourth-order valence-corrected chi connectivity index (χ4v) is 1.74. The van der Waals surface area contributed by atoms with Gasteiger partial charge in [0.25, 0.3) is 0 Å². The molecule has 15 heavy (non-hydrogen) atoms. The lowest BCUT2D eigenvalue weighted by atomic mass is 10.2. The Morgan fingerprint density at radius 1 is 1.53 bits per heavy atom. The number of aryl methyl sites for hydroxylation is 1. The lowest BCUT2D eigenvalue weighted by molar-refractivity contribution is -0.141. The largest absolute Gasteiger partial charge is 0.468 e. The van der Waals surface area contributed by atoms with Gasteiger partial charge in [-0.1, -0.05) is 0 Å². The van der Waals surface area contributed by atoms with Crippen LogP contribution in [0.4, 0.5) is 0 Å². The number of carbonyl (C=O) groups excluding carboxylic acids is 1. The summed E-state index contributed by atoms with van der Waals surface area (Å²) in [7, 11) is 1.30. The van der Waals surface area contributed by atoms with Crippen molar-refractivity contribution < 1.29 is 9.53 Å². The van der Waals surface area contributed by atoms with Crippen LogP contribution in [-0.2, 0) is 29.0 Å². The van der Waals surface area contributed by atoms with Crippen molar-refractivity contribution in [1.82, 2.24) is 14.3 Å². The first-order chi connectivity index (χ1) is 7.22. The highest BCUT2D eigenvalue weighted by Gasteiger charge is 2.17. The number of methoxy groups -OCH3 is 1. The van der Waals surface area contributed by atoms with E-state index >= 15 is 0 Å². The first-order valence-corrected chi connectivity index (χ1v) is 4.95. The topological polar surface area (TPSA) is 66.1 Å². The van der Waals surface area contributed by atoms with E-state index in [9.17, 15) is 9.59 Å². The molecule has 0 N–H and O–H groups in total. The third-order valence-corrected chi connectivity index (χ3v) is 2.54. The third kappa shape index (κ3) is 1.79. The number of hydrogen-bond donors (Lipinski definition) is 0. The van der Waals surface area contributed by atoms with Crippen molar-refractivity contribution in [3.63, 3.8) is 0 Å². The summed E-state index contributed by atoms with van der Waals surface area (Å²) in [5.74, 6) is 0.322. The third-order valence-electron chi connectivity index (χ3n) is 2.54. The molecule has 0 aromatic carbocycles. The van der Waals surface area contributed by atoms with Crippen LogP contribution in [0.2, 0.25) is 0 Å². The molecule has 0 unspecified atom stereocenters. The molecule has 82 valence electrons. The Morgan fingerprint density at radius 2 is 2.33 bits per heavy atom. The van der Waals surface area contributed by atoms with Gasteiger partial charge in [0.05, 0.1) is 7.11 Å². The standard InChI is InChI=1S/C9H13N3O3/c1-15-8(13)6-12-9(14)11-5-3-2-4-7(11)10-12/h2-6H2,1H3. The molecule has 0 radical (unpaired) electrons. The Hall–Kier alpha value is -1.59. The molecule has 6 nitrogen and oxygen atoms in total. The van der Waals surface area contributed by atoms with E-state index in [1.165, 1.54) is 11.8 Å². The van der Waals surface area contributed by atoms with Gasteiger partial charge in [0, 0.05) is 13.0 Å². The number of ether oxygens (including phenoxy) is 1. The summed E-state index contributed by atoms with van der Waals surface area (Å²) in [6.45, 7) is 0.602. The molecule has 0 saturated heterocycles. The highest BCUT2D eigenvalue weighted by atomic mass is 16.5. The van der Waals surface area contributed by atoms with Gasteiger partial charge in [-0.25, -0.2) is 9.48 Å². The Balaban J connectivity index is 2.29. The molecule has 0 saturated carbocycles. The van der Waals surface area contributed by atoms with Crippen LogP contribution in [-0.4, -0.2) is 27.4 Å². The van der Waals surface area contributed by atoms with E-state index in [0.29, 0.717) is 6.54 Å². The van der Waals surface area contributed by atoms with Gasteiger partial charge in [-0.2, -0.15) is 5.10 Å². The molecule has 1 aliphatic rings. The number of nitrogens with zero attached hydrogens (tertiary/aromatic N) is 3. The summed E-state index contributed by atoms with van der Waals surface area (Å²) < 4.78 is 7.30. The number of carbonyl (C=O) groups is 1. The van der Waals surface area contributed by atoms with Crippen molar-refractivity contribution in [1.29, 1.82) is 0 Å². The van der Waals surface area contributed by atoms with E-state index in [1.54, 1.807) is 4.57 Å². The van der Waals surface area contributed by atoms with Gasteiger partial charge in [-0.05, 0) is 12.8 Å². The van der Waals surface area contributed by atoms with Crippen molar-refractivity contribution in [2.45, 2.75) is 32.4 Å². The van der Waals surface area contributed by atoms with Gasteiger partial charge in [-0.3, -0.25) is 9.36 Å². The van der Waals surface area contributed by atoms with Crippen molar-refractivity contribution in [3.8, 4) is 0 Å². The molecular weight excluding hydrogens is 198 g/mol. The smallest absolute Gasteiger partial charge is 0.346 e. The second-order valence-electron chi connectivity index (χ2n) is 3.54. The van der Waals surface area contributed by atoms with Gasteiger partial charge in [0.15, 0.2) is 0 Å². The van der Waals surface area contributed by atoms with E-state index < -0.39 is 5.97 Å². The Bertz CT molecular complexity index is 432. The normalized spacial score (nSPS) is 14.7. The molecule has 6 heteroatoms. The second-order valence-corrected chi connectivity index (χ2v) is 3.54. The van der Waals surface area contributed by atoms with E-state index in [4.69, 9.17) is 0 Å². The van der Waals surface area contributed by atoms with Crippen LogP contribution in [0.1, 0.15) is 18.7 Å². The molecule has 0 amide bonds. The summed E-state index contributed by atoms with van der Waals surface area (Å²) in [6, 6.07) is 0. The predicted molar refractivity (Wildman–Crippen MR) is 51.4 cm³/mol. The summed E-state index contributed by atoms with van der Waals surface area (Å²) >= 11 is 0. The number of rotatable bonds is 2. The zero-order valence-electron chi connectivity index (χ0n) is 8.60. The maximum absolute atomic E-state index is 11.7. The minimum Gasteiger partial charge on any atom is -0.468 e. The highest BCUT2D eigenvalue weighted by Crippen LogP contribution is 2.08. The Labute approximate surface area is 86.5 Å². The van der Waals surface area contributed by atoms with Gasteiger partial charge in [0.1, 0.15) is 12.4 Å². The molecular formula is C9H13N3O3. The Kier molecular flexibility index (Phi) is 2.57. The van der Waals surface area contributed by atoms with E-state index in [1.807, 2.05) is 0 Å². The van der Waals surface area contributed by atoms with Crippen molar-refractivity contribution >= 4 is 5.97 Å². The Morgan fingerprint density at radius 3 is 3.00 bits per heavy atom. The fourth-order valence-electron chi connectivity index (χ4n) is 1.74.